The molecule has 0 spiro atoms. The molecule has 1 aromatic carbocycles. The minimum atomic E-state index is -3.54. The first-order chi connectivity index (χ1) is 10.0. The summed E-state index contributed by atoms with van der Waals surface area (Å²) in [6, 6.07) is 6.82. The molecule has 0 aliphatic rings. The average molecular weight is 368 g/mol. The molecule has 1 rings (SSSR count). The van der Waals surface area contributed by atoms with Crippen molar-refractivity contribution < 1.29 is 8.42 Å². The number of allylic oxidation sites excluding steroid dienone is 3. The van der Waals surface area contributed by atoms with Gasteiger partial charge in [0.2, 0.25) is 10.0 Å². The van der Waals surface area contributed by atoms with Crippen LogP contribution >= 0.6 is 15.9 Å². The number of hydrogen-bond acceptors (Lipinski definition) is 2. The lowest BCUT2D eigenvalue weighted by atomic mass is 10.2. The molecule has 0 aliphatic carbocycles. The fourth-order valence-electron chi connectivity index (χ4n) is 1.59. The molecular formula is C16H18BrNO2S. The largest absolute Gasteiger partial charge is 0.244 e. The van der Waals surface area contributed by atoms with Crippen molar-refractivity contribution in [2.24, 2.45) is 0 Å². The monoisotopic (exact) mass is 367 g/mol. The van der Waals surface area contributed by atoms with Crippen molar-refractivity contribution in [3.05, 3.63) is 54.1 Å². The van der Waals surface area contributed by atoms with Gasteiger partial charge in [0.15, 0.2) is 0 Å². The molecule has 0 N–H and O–H groups in total. The summed E-state index contributed by atoms with van der Waals surface area (Å²) >= 11 is 2.99. The van der Waals surface area contributed by atoms with Crippen LogP contribution in [-0.4, -0.2) is 25.8 Å². The number of aryl methyl sites for hydroxylation is 1. The van der Waals surface area contributed by atoms with Crippen molar-refractivity contribution in [3.63, 3.8) is 0 Å². The predicted molar refractivity (Wildman–Crippen MR) is 90.6 cm³/mol. The molecule has 0 unspecified atom stereocenters. The zero-order chi connectivity index (χ0) is 15.7. The van der Waals surface area contributed by atoms with Gasteiger partial charge in [-0.25, -0.2) is 8.42 Å². The van der Waals surface area contributed by atoms with Crippen molar-refractivity contribution >= 4 is 26.0 Å². The number of benzene rings is 1. The highest BCUT2D eigenvalue weighted by molar-refractivity contribution is 9.12. The van der Waals surface area contributed by atoms with Crippen LogP contribution in [0.4, 0.5) is 0 Å². The van der Waals surface area contributed by atoms with Crippen molar-refractivity contribution in [3.8, 4) is 10.8 Å². The van der Waals surface area contributed by atoms with Crippen LogP contribution in [0, 0.1) is 17.7 Å². The van der Waals surface area contributed by atoms with Crippen LogP contribution in [0.25, 0.3) is 0 Å². The van der Waals surface area contributed by atoms with Crippen LogP contribution in [0.1, 0.15) is 12.5 Å². The fourth-order valence-corrected chi connectivity index (χ4v) is 3.01. The normalized spacial score (nSPS) is 12.0. The van der Waals surface area contributed by atoms with Crippen LogP contribution < -0.4 is 0 Å². The SMILES string of the molecule is C/C=C/C=C/CN(CC#CBr)S(=O)(=O)c1ccc(C)cc1. The van der Waals surface area contributed by atoms with Gasteiger partial charge in [0.05, 0.1) is 11.4 Å². The maximum atomic E-state index is 12.6. The molecule has 0 atom stereocenters. The van der Waals surface area contributed by atoms with Crippen molar-refractivity contribution in [1.82, 2.24) is 4.31 Å². The van der Waals surface area contributed by atoms with Crippen molar-refractivity contribution in [1.29, 1.82) is 0 Å². The third-order valence-corrected chi connectivity index (χ3v) is 4.84. The Kier molecular flexibility index (Phi) is 7.44. The van der Waals surface area contributed by atoms with Gasteiger partial charge in [-0.2, -0.15) is 4.31 Å². The van der Waals surface area contributed by atoms with Crippen LogP contribution in [0.2, 0.25) is 0 Å². The molecule has 21 heavy (non-hydrogen) atoms. The average Bonchev–Trinajstić information content (AvgIpc) is 2.46. The van der Waals surface area contributed by atoms with Gasteiger partial charge in [0.1, 0.15) is 0 Å². The second-order valence-electron chi connectivity index (χ2n) is 4.34. The summed E-state index contributed by atoms with van der Waals surface area (Å²) in [5.74, 6) is 2.74. The first-order valence-electron chi connectivity index (χ1n) is 6.45. The van der Waals surface area contributed by atoms with Gasteiger partial charge in [-0.1, -0.05) is 47.9 Å². The molecule has 112 valence electrons. The molecule has 0 aliphatic heterocycles. The summed E-state index contributed by atoms with van der Waals surface area (Å²) in [5, 5.41) is 0. The Morgan fingerprint density at radius 1 is 1.24 bits per heavy atom. The van der Waals surface area contributed by atoms with Gasteiger partial charge >= 0.3 is 0 Å². The minimum Gasteiger partial charge on any atom is -0.207 e. The summed E-state index contributed by atoms with van der Waals surface area (Å²) in [6.07, 6.45) is 7.35. The Balaban J connectivity index is 3.03. The summed E-state index contributed by atoms with van der Waals surface area (Å²) in [6.45, 7) is 4.25. The van der Waals surface area contributed by atoms with E-state index in [0.29, 0.717) is 0 Å². The van der Waals surface area contributed by atoms with Gasteiger partial charge < -0.3 is 0 Å². The zero-order valence-corrected chi connectivity index (χ0v) is 14.5. The highest BCUT2D eigenvalue weighted by atomic mass is 79.9. The fraction of sp³-hybridized carbons (Fsp3) is 0.250. The van der Waals surface area contributed by atoms with E-state index >= 15 is 0 Å². The minimum absolute atomic E-state index is 0.141. The van der Waals surface area contributed by atoms with Crippen LogP contribution in [0.3, 0.4) is 0 Å². The summed E-state index contributed by atoms with van der Waals surface area (Å²) in [7, 11) is -3.54. The van der Waals surface area contributed by atoms with E-state index in [1.165, 1.54) is 4.31 Å². The Morgan fingerprint density at radius 2 is 1.90 bits per heavy atom. The number of halogens is 1. The molecule has 0 fully saturated rings. The molecule has 0 saturated heterocycles. The van der Waals surface area contributed by atoms with Gasteiger partial charge in [0.25, 0.3) is 0 Å². The molecule has 0 bridgehead atoms. The van der Waals surface area contributed by atoms with Crippen molar-refractivity contribution in [2.75, 3.05) is 13.1 Å². The van der Waals surface area contributed by atoms with E-state index in [1.54, 1.807) is 30.3 Å². The Hall–Kier alpha value is -1.35. The van der Waals surface area contributed by atoms with E-state index in [9.17, 15) is 8.42 Å². The predicted octanol–water partition coefficient (Wildman–Crippen LogP) is 3.47. The van der Waals surface area contributed by atoms with Crippen LogP contribution in [0.15, 0.2) is 53.5 Å². The van der Waals surface area contributed by atoms with Crippen molar-refractivity contribution in [2.45, 2.75) is 18.7 Å². The smallest absolute Gasteiger partial charge is 0.207 e. The molecule has 3 nitrogen and oxygen atoms in total. The first-order valence-corrected chi connectivity index (χ1v) is 8.69. The Morgan fingerprint density at radius 3 is 2.48 bits per heavy atom. The zero-order valence-electron chi connectivity index (χ0n) is 12.1. The van der Waals surface area contributed by atoms with E-state index in [0.717, 1.165) is 5.56 Å². The molecule has 0 aromatic heterocycles. The summed E-state index contributed by atoms with van der Waals surface area (Å²) in [4.78, 5) is 2.83. The van der Waals surface area contributed by atoms with E-state index in [-0.39, 0.29) is 18.0 Å². The molecular weight excluding hydrogens is 350 g/mol. The lowest BCUT2D eigenvalue weighted by Crippen LogP contribution is -2.31. The standard InChI is InChI=1S/C16H18BrNO2S/c1-3-4-5-6-13-18(14-7-12-17)21(19,20)16-10-8-15(2)9-11-16/h3-6,8-11H,13-14H2,1-2H3/b4-3+,6-5+. The van der Waals surface area contributed by atoms with Crippen LogP contribution in [0.5, 0.6) is 0 Å². The van der Waals surface area contributed by atoms with Gasteiger partial charge in [0, 0.05) is 22.5 Å². The number of rotatable bonds is 6. The van der Waals surface area contributed by atoms with E-state index in [1.807, 2.05) is 32.1 Å². The Labute approximate surface area is 135 Å². The van der Waals surface area contributed by atoms with E-state index in [2.05, 4.69) is 26.7 Å². The van der Waals surface area contributed by atoms with Gasteiger partial charge in [-0.3, -0.25) is 0 Å². The quantitative estimate of drug-likeness (QED) is 0.570. The third-order valence-electron chi connectivity index (χ3n) is 2.73. The molecule has 0 heterocycles. The number of sulfonamides is 1. The molecule has 0 saturated carbocycles. The maximum absolute atomic E-state index is 12.6. The van der Waals surface area contributed by atoms with Gasteiger partial charge in [-0.15, -0.1) is 0 Å². The van der Waals surface area contributed by atoms with Crippen LogP contribution in [-0.2, 0) is 10.0 Å². The lowest BCUT2D eigenvalue weighted by Gasteiger charge is -2.18. The highest BCUT2D eigenvalue weighted by Gasteiger charge is 2.22. The topological polar surface area (TPSA) is 37.4 Å². The Bertz CT molecular complexity index is 664. The van der Waals surface area contributed by atoms with Gasteiger partial charge in [-0.05, 0) is 30.8 Å². The number of nitrogens with zero attached hydrogens (tertiary/aromatic N) is 1. The third kappa shape index (κ3) is 5.50. The molecule has 0 amide bonds. The first kappa shape index (κ1) is 17.7. The number of hydrogen-bond donors (Lipinski definition) is 0. The molecule has 0 radical (unpaired) electrons. The molecule has 1 aromatic rings. The van der Waals surface area contributed by atoms with E-state index in [4.69, 9.17) is 0 Å². The lowest BCUT2D eigenvalue weighted by molar-refractivity contribution is 0.478. The second-order valence-corrected chi connectivity index (χ2v) is 6.67. The summed E-state index contributed by atoms with van der Waals surface area (Å²) in [5.41, 5.74) is 1.02. The highest BCUT2D eigenvalue weighted by Crippen LogP contribution is 2.16. The summed E-state index contributed by atoms with van der Waals surface area (Å²) < 4.78 is 26.5. The van der Waals surface area contributed by atoms with E-state index < -0.39 is 10.0 Å². The second kappa shape index (κ2) is 8.83. The molecule has 5 heteroatoms. The maximum Gasteiger partial charge on any atom is 0.244 e.